The molecule has 0 fully saturated rings. The molecule has 8 aromatic rings. The summed E-state index contributed by atoms with van der Waals surface area (Å²) in [4.78, 5) is 0. The van der Waals surface area contributed by atoms with Gasteiger partial charge in [-0.05, 0) is 79.1 Å². The minimum absolute atomic E-state index is 0.0498. The topological polar surface area (TPSA) is 13.1 Å². The maximum absolute atomic E-state index is 9.50. The van der Waals surface area contributed by atoms with Crippen molar-refractivity contribution in [3.05, 3.63) is 145 Å². The molecule has 182 valence electrons. The van der Waals surface area contributed by atoms with Crippen LogP contribution in [0.5, 0.6) is 0 Å². The van der Waals surface area contributed by atoms with E-state index in [2.05, 4.69) is 0 Å². The lowest BCUT2D eigenvalue weighted by Crippen LogP contribution is -1.91. The predicted octanol–water partition coefficient (Wildman–Crippen LogP) is 10.9. The summed E-state index contributed by atoms with van der Waals surface area (Å²) in [5.41, 5.74) is -1.06. The molecule has 0 atom stereocenters. The van der Waals surface area contributed by atoms with Crippen LogP contribution in [0.15, 0.2) is 150 Å². The molecule has 39 heavy (non-hydrogen) atoms. The summed E-state index contributed by atoms with van der Waals surface area (Å²) in [6, 6.07) is 4.35. The molecule has 8 rings (SSSR count). The molecular weight excluding hydrogens is 472 g/mol. The second kappa shape index (κ2) is 8.72. The normalized spacial score (nSPS) is 17.3. The van der Waals surface area contributed by atoms with Crippen LogP contribution in [0, 0.1) is 0 Å². The fourth-order valence-corrected chi connectivity index (χ4v) is 5.06. The van der Waals surface area contributed by atoms with Crippen molar-refractivity contribution in [3.63, 3.8) is 0 Å². The fraction of sp³-hybridized carbons (Fsp3) is 0. The first-order chi connectivity index (χ1) is 26.0. The molecule has 0 saturated heterocycles. The molecule has 1 nitrogen and oxygen atoms in total. The molecule has 1 aromatic heterocycles. The summed E-state index contributed by atoms with van der Waals surface area (Å²) in [5.74, 6) is 0. The SMILES string of the molecule is [2H]c1c([2H])c([2H])c(-c2c([2H])c([2H])c([2H])c(-c3c4ccccc4c(-c4c([2H])c([2H])c5oc6c([2H])c([2H])c([2H])c([2H])c6c5c4[2H])c4ccccc34)c2[2H])c([2H])c1[2H]. The summed E-state index contributed by atoms with van der Waals surface area (Å²) >= 11 is 0. The van der Waals surface area contributed by atoms with Crippen LogP contribution in [-0.4, -0.2) is 0 Å². The van der Waals surface area contributed by atoms with Crippen LogP contribution in [0.4, 0.5) is 0 Å². The smallest absolute Gasteiger partial charge is 0.135 e. The van der Waals surface area contributed by atoms with Crippen molar-refractivity contribution in [1.29, 1.82) is 0 Å². The lowest BCUT2D eigenvalue weighted by atomic mass is 9.85. The zero-order valence-electron chi connectivity index (χ0n) is 36.0. The Morgan fingerprint density at radius 2 is 0.923 bits per heavy atom. The van der Waals surface area contributed by atoms with Gasteiger partial charge in [0, 0.05) is 10.8 Å². The van der Waals surface area contributed by atoms with Gasteiger partial charge in [-0.15, -0.1) is 0 Å². The van der Waals surface area contributed by atoms with Gasteiger partial charge >= 0.3 is 0 Å². The van der Waals surface area contributed by atoms with Crippen molar-refractivity contribution in [2.24, 2.45) is 0 Å². The van der Waals surface area contributed by atoms with Gasteiger partial charge in [0.25, 0.3) is 0 Å². The Bertz CT molecular complexity index is 2970. The third-order valence-electron chi connectivity index (χ3n) is 6.69. The first-order valence-corrected chi connectivity index (χ1v) is 12.1. The zero-order valence-corrected chi connectivity index (χ0v) is 20.0. The summed E-state index contributed by atoms with van der Waals surface area (Å²) in [6.45, 7) is 0. The quantitative estimate of drug-likeness (QED) is 0.215. The molecule has 7 aromatic carbocycles. The van der Waals surface area contributed by atoms with Gasteiger partial charge in [-0.3, -0.25) is 0 Å². The third-order valence-corrected chi connectivity index (χ3v) is 6.69. The Kier molecular flexibility index (Phi) is 2.53. The summed E-state index contributed by atoms with van der Waals surface area (Å²) in [7, 11) is 0. The molecule has 1 heteroatoms. The summed E-state index contributed by atoms with van der Waals surface area (Å²) in [5, 5.41) is 1.32. The predicted molar refractivity (Wildman–Crippen MR) is 165 cm³/mol. The van der Waals surface area contributed by atoms with Crippen LogP contribution >= 0.6 is 0 Å². The van der Waals surface area contributed by atoms with Crippen LogP contribution in [0.3, 0.4) is 0 Å². The first kappa shape index (κ1) is 11.3. The molecule has 1 heterocycles. The van der Waals surface area contributed by atoms with Gasteiger partial charge in [0.2, 0.25) is 0 Å². The van der Waals surface area contributed by atoms with Crippen molar-refractivity contribution in [2.75, 3.05) is 0 Å². The highest BCUT2D eigenvalue weighted by molar-refractivity contribution is 6.22. The lowest BCUT2D eigenvalue weighted by Gasteiger charge is -2.18. The minimum atomic E-state index is -0.692. The van der Waals surface area contributed by atoms with Crippen LogP contribution in [-0.2, 0) is 0 Å². The number of para-hydroxylation sites is 1. The Balaban J connectivity index is 1.56. The monoisotopic (exact) mass is 512 g/mol. The minimum Gasteiger partial charge on any atom is -0.456 e. The number of fused-ring (bicyclic) bond motifs is 5. The van der Waals surface area contributed by atoms with Gasteiger partial charge in [-0.2, -0.15) is 0 Å². The summed E-state index contributed by atoms with van der Waals surface area (Å²) in [6.07, 6.45) is 0. The van der Waals surface area contributed by atoms with Crippen LogP contribution in [0.1, 0.15) is 21.9 Å². The second-order valence-corrected chi connectivity index (χ2v) is 8.85. The molecule has 0 aliphatic rings. The van der Waals surface area contributed by atoms with Crippen LogP contribution in [0.25, 0.3) is 76.9 Å². The van der Waals surface area contributed by atoms with Gasteiger partial charge in [0.1, 0.15) is 11.2 Å². The van der Waals surface area contributed by atoms with Gasteiger partial charge in [0.15, 0.2) is 0 Å². The van der Waals surface area contributed by atoms with Crippen LogP contribution in [0.2, 0.25) is 0 Å². The third kappa shape index (κ3) is 3.48. The van der Waals surface area contributed by atoms with Crippen molar-refractivity contribution in [2.45, 2.75) is 0 Å². The highest BCUT2D eigenvalue weighted by Crippen LogP contribution is 2.45. The van der Waals surface area contributed by atoms with E-state index in [0.717, 1.165) is 0 Å². The Morgan fingerprint density at radius 3 is 1.62 bits per heavy atom. The Morgan fingerprint density at radius 1 is 0.385 bits per heavy atom. The van der Waals surface area contributed by atoms with E-state index in [1.165, 1.54) is 0 Å². The Labute approximate surface area is 249 Å². The number of rotatable bonds is 3. The van der Waals surface area contributed by atoms with Crippen molar-refractivity contribution < 1.29 is 26.3 Å². The Hall–Kier alpha value is -5.14. The van der Waals surface area contributed by atoms with E-state index in [-0.39, 0.29) is 44.7 Å². The van der Waals surface area contributed by atoms with Gasteiger partial charge in [0.05, 0.1) is 21.9 Å². The number of hydrogen-bond acceptors (Lipinski definition) is 1. The first-order valence-electron chi connectivity index (χ1n) is 20.1. The molecule has 0 aliphatic carbocycles. The van der Waals surface area contributed by atoms with E-state index in [1.807, 2.05) is 0 Å². The van der Waals surface area contributed by atoms with Crippen LogP contribution < -0.4 is 0 Å². The average molecular weight is 513 g/mol. The second-order valence-electron chi connectivity index (χ2n) is 8.85. The highest BCUT2D eigenvalue weighted by atomic mass is 16.3. The fourth-order valence-electron chi connectivity index (χ4n) is 5.06. The van der Waals surface area contributed by atoms with E-state index >= 15 is 0 Å². The van der Waals surface area contributed by atoms with E-state index in [9.17, 15) is 4.11 Å². The average Bonchev–Trinajstić information content (AvgIpc) is 3.59. The van der Waals surface area contributed by atoms with Gasteiger partial charge < -0.3 is 4.42 Å². The number of furan rings is 1. The molecule has 0 saturated carbocycles. The van der Waals surface area contributed by atoms with E-state index < -0.39 is 102 Å². The maximum atomic E-state index is 9.50. The molecule has 0 aliphatic heterocycles. The van der Waals surface area contributed by atoms with Crippen molar-refractivity contribution in [3.8, 4) is 33.4 Å². The van der Waals surface area contributed by atoms with Gasteiger partial charge in [-0.1, -0.05) is 121 Å². The molecular formula is C38H24O. The molecule has 0 bridgehead atoms. The van der Waals surface area contributed by atoms with E-state index in [4.69, 9.17) is 22.2 Å². The lowest BCUT2D eigenvalue weighted by molar-refractivity contribution is 0.669. The molecule has 0 amide bonds. The maximum Gasteiger partial charge on any atom is 0.135 e. The van der Waals surface area contributed by atoms with E-state index in [0.29, 0.717) is 27.1 Å². The standard InChI is InChI=1S/C38H24O/c1-2-11-25(12-3-1)26-13-10-14-27(23-26)37-30-16-4-6-18-32(30)38(33-19-7-5-17-31(33)37)28-21-22-36-34(24-28)29-15-8-9-20-35(29)39-36/h1-24H/i1D,2D,3D,8D,9D,10D,11D,12D,13D,14D,15D,20D,21D,22D,23D,24D. The molecule has 0 N–H and O–H groups in total. The largest absolute Gasteiger partial charge is 0.456 e. The molecule has 0 spiro atoms. The zero-order chi connectivity index (χ0) is 39.7. The van der Waals surface area contributed by atoms with Gasteiger partial charge in [-0.25, -0.2) is 0 Å². The molecule has 0 unspecified atom stereocenters. The number of benzene rings is 7. The summed E-state index contributed by atoms with van der Waals surface area (Å²) < 4.78 is 145. The van der Waals surface area contributed by atoms with E-state index in [1.54, 1.807) is 48.5 Å². The highest BCUT2D eigenvalue weighted by Gasteiger charge is 2.18. The number of hydrogen-bond donors (Lipinski definition) is 0. The van der Waals surface area contributed by atoms with Crippen molar-refractivity contribution in [1.82, 2.24) is 0 Å². The van der Waals surface area contributed by atoms with Crippen molar-refractivity contribution >= 4 is 43.5 Å². The molecule has 0 radical (unpaired) electrons.